The van der Waals surface area contributed by atoms with Gasteiger partial charge in [-0.05, 0) is 18.2 Å². The Morgan fingerprint density at radius 2 is 1.09 bits per heavy atom. The van der Waals surface area contributed by atoms with Crippen molar-refractivity contribution >= 4 is 10.0 Å². The number of nitrogens with one attached hydrogen (secondary N) is 1. The molecule has 22 heavy (non-hydrogen) atoms. The van der Waals surface area contributed by atoms with E-state index in [1.54, 1.807) is 0 Å². The van der Waals surface area contributed by atoms with Gasteiger partial charge in [0.1, 0.15) is 0 Å². The van der Waals surface area contributed by atoms with Gasteiger partial charge in [0.05, 0.1) is 16.0 Å². The van der Waals surface area contributed by atoms with Crippen molar-refractivity contribution < 1.29 is 47.9 Å². The van der Waals surface area contributed by atoms with Gasteiger partial charge in [0.25, 0.3) is 0 Å². The molecule has 0 saturated carbocycles. The largest absolute Gasteiger partial charge is 0.470 e. The van der Waals surface area contributed by atoms with E-state index in [0.717, 1.165) is 0 Å². The Bertz CT molecular complexity index is 625. The van der Waals surface area contributed by atoms with Crippen molar-refractivity contribution in [2.75, 3.05) is 0 Å². The lowest BCUT2D eigenvalue weighted by atomic mass is 10.1. The molecule has 0 saturated heterocycles. The third kappa shape index (κ3) is 4.76. The summed E-state index contributed by atoms with van der Waals surface area (Å²) in [5.74, 6) is 0. The molecule has 0 bridgehead atoms. The molecule has 0 fully saturated rings. The Balaban J connectivity index is 3.55. The Morgan fingerprint density at radius 1 is 0.727 bits per heavy atom. The molecule has 0 radical (unpaired) electrons. The van der Waals surface area contributed by atoms with E-state index in [1.165, 1.54) is 0 Å². The summed E-state index contributed by atoms with van der Waals surface area (Å²) in [6, 6.07) is -1.07. The number of sulfonamides is 1. The number of benzene rings is 1. The zero-order valence-electron chi connectivity index (χ0n) is 9.86. The first-order chi connectivity index (χ1) is 9.52. The Kier molecular flexibility index (Phi) is 4.46. The Hall–Kier alpha value is -1.50. The van der Waals surface area contributed by atoms with Crippen molar-refractivity contribution in [1.29, 1.82) is 0 Å². The van der Waals surface area contributed by atoms with Crippen LogP contribution in [0.5, 0.6) is 0 Å². The van der Waals surface area contributed by atoms with Gasteiger partial charge in [-0.1, -0.05) is 0 Å². The first-order valence-corrected chi connectivity index (χ1v) is 6.41. The van der Waals surface area contributed by atoms with E-state index in [4.69, 9.17) is 0 Å². The van der Waals surface area contributed by atoms with Crippen LogP contribution >= 0.6 is 0 Å². The average Bonchev–Trinajstić information content (AvgIpc) is 2.22. The van der Waals surface area contributed by atoms with Crippen LogP contribution in [0.4, 0.5) is 39.5 Å². The van der Waals surface area contributed by atoms with E-state index in [0.29, 0.717) is 0 Å². The fourth-order valence-corrected chi connectivity index (χ4v) is 2.28. The zero-order chi connectivity index (χ0) is 17.6. The smallest absolute Gasteiger partial charge is 0.207 e. The van der Waals surface area contributed by atoms with Crippen LogP contribution in [0.15, 0.2) is 23.1 Å². The second-order valence-electron chi connectivity index (χ2n) is 3.84. The van der Waals surface area contributed by atoms with Crippen LogP contribution in [0, 0.1) is 0 Å². The fourth-order valence-electron chi connectivity index (χ4n) is 1.29. The van der Waals surface area contributed by atoms with E-state index in [2.05, 4.69) is 0 Å². The molecule has 126 valence electrons. The van der Waals surface area contributed by atoms with E-state index in [1.807, 2.05) is 0 Å². The van der Waals surface area contributed by atoms with Gasteiger partial charge in [-0.2, -0.15) is 39.5 Å². The number of hydrogen-bond acceptors (Lipinski definition) is 2. The second kappa shape index (κ2) is 5.30. The SMILES string of the molecule is O=S(=O)(NC(F)(F)F)c1cc(C(F)(F)F)cc(C(F)(F)F)c1. The van der Waals surface area contributed by atoms with E-state index >= 15 is 0 Å². The van der Waals surface area contributed by atoms with Gasteiger partial charge in [-0.15, -0.1) is 4.72 Å². The summed E-state index contributed by atoms with van der Waals surface area (Å²) in [5, 5.41) is 0. The highest BCUT2D eigenvalue weighted by atomic mass is 32.2. The molecule has 1 aromatic rings. The monoisotopic (exact) mass is 361 g/mol. The molecule has 0 aromatic heterocycles. The van der Waals surface area contributed by atoms with E-state index in [-0.39, 0.29) is 16.9 Å². The van der Waals surface area contributed by atoms with Crippen LogP contribution in [0.25, 0.3) is 0 Å². The molecule has 1 N–H and O–H groups in total. The van der Waals surface area contributed by atoms with Crippen LogP contribution < -0.4 is 4.72 Å². The van der Waals surface area contributed by atoms with Crippen LogP contribution in [-0.2, 0) is 22.4 Å². The van der Waals surface area contributed by atoms with Crippen molar-refractivity contribution in [3.8, 4) is 0 Å². The molecule has 0 heterocycles. The predicted molar refractivity (Wildman–Crippen MR) is 52.8 cm³/mol. The fraction of sp³-hybridized carbons (Fsp3) is 0.333. The van der Waals surface area contributed by atoms with Crippen molar-refractivity contribution in [3.05, 3.63) is 29.3 Å². The standard InChI is InChI=1S/C9H4F9NO2S/c10-7(11,12)4-1-5(8(13,14)15)3-6(2-4)22(20,21)19-9(16,17)18/h1-3,19H. The van der Waals surface area contributed by atoms with Crippen LogP contribution in [0.3, 0.4) is 0 Å². The average molecular weight is 361 g/mol. The molecular weight excluding hydrogens is 357 g/mol. The van der Waals surface area contributed by atoms with Gasteiger partial charge >= 0.3 is 18.7 Å². The minimum absolute atomic E-state index is 0.00662. The molecule has 0 atom stereocenters. The van der Waals surface area contributed by atoms with Crippen molar-refractivity contribution in [2.45, 2.75) is 23.5 Å². The number of halogens is 9. The maximum Gasteiger partial charge on any atom is 0.470 e. The molecule has 1 rings (SSSR count). The highest BCUT2D eigenvalue weighted by Gasteiger charge is 2.40. The lowest BCUT2D eigenvalue weighted by molar-refractivity contribution is -0.143. The lowest BCUT2D eigenvalue weighted by Gasteiger charge is -2.15. The second-order valence-corrected chi connectivity index (χ2v) is 5.53. The maximum absolute atomic E-state index is 12.5. The van der Waals surface area contributed by atoms with Gasteiger partial charge in [0.2, 0.25) is 10.0 Å². The highest BCUT2D eigenvalue weighted by Crippen LogP contribution is 2.37. The summed E-state index contributed by atoms with van der Waals surface area (Å²) in [4.78, 5) is -1.81. The van der Waals surface area contributed by atoms with Crippen molar-refractivity contribution in [1.82, 2.24) is 4.72 Å². The minimum atomic E-state index is -5.66. The normalized spacial score (nSPS) is 14.2. The summed E-state index contributed by atoms with van der Waals surface area (Å²) in [5.41, 5.74) is -4.10. The molecule has 13 heteroatoms. The van der Waals surface area contributed by atoms with Gasteiger partial charge in [-0.3, -0.25) is 0 Å². The highest BCUT2D eigenvalue weighted by molar-refractivity contribution is 7.89. The van der Waals surface area contributed by atoms with Crippen LogP contribution in [0.2, 0.25) is 0 Å². The first kappa shape index (κ1) is 18.5. The van der Waals surface area contributed by atoms with E-state index < -0.39 is 50.8 Å². The third-order valence-electron chi connectivity index (χ3n) is 2.12. The molecular formula is C9H4F9NO2S. The molecule has 0 unspecified atom stereocenters. The molecule has 0 amide bonds. The topological polar surface area (TPSA) is 46.2 Å². The summed E-state index contributed by atoms with van der Waals surface area (Å²) in [6.45, 7) is 0. The van der Waals surface area contributed by atoms with Crippen LogP contribution in [-0.4, -0.2) is 14.7 Å². The number of rotatable bonds is 2. The maximum atomic E-state index is 12.5. The summed E-state index contributed by atoms with van der Waals surface area (Å²) >= 11 is 0. The van der Waals surface area contributed by atoms with Gasteiger partial charge in [0.15, 0.2) is 0 Å². The predicted octanol–water partition coefficient (Wildman–Crippen LogP) is 3.52. The third-order valence-corrected chi connectivity index (χ3v) is 3.48. The zero-order valence-corrected chi connectivity index (χ0v) is 10.7. The quantitative estimate of drug-likeness (QED) is 0.647. The lowest BCUT2D eigenvalue weighted by Crippen LogP contribution is -2.37. The van der Waals surface area contributed by atoms with Gasteiger partial charge < -0.3 is 0 Å². The van der Waals surface area contributed by atoms with Crippen LogP contribution in [0.1, 0.15) is 11.1 Å². The van der Waals surface area contributed by atoms with Gasteiger partial charge in [-0.25, -0.2) is 8.42 Å². The number of hydrogen-bond donors (Lipinski definition) is 1. The first-order valence-electron chi connectivity index (χ1n) is 4.92. The Morgan fingerprint density at radius 3 is 1.36 bits per heavy atom. The Labute approximate surface area is 116 Å². The number of alkyl halides is 9. The van der Waals surface area contributed by atoms with Crippen molar-refractivity contribution in [3.63, 3.8) is 0 Å². The summed E-state index contributed by atoms with van der Waals surface area (Å²) in [7, 11) is -5.66. The summed E-state index contributed by atoms with van der Waals surface area (Å²) in [6.07, 6.45) is -16.3. The molecule has 0 aliphatic heterocycles. The van der Waals surface area contributed by atoms with Gasteiger partial charge in [0, 0.05) is 0 Å². The minimum Gasteiger partial charge on any atom is -0.207 e. The molecule has 0 aliphatic rings. The molecule has 1 aromatic carbocycles. The molecule has 0 aliphatic carbocycles. The summed E-state index contributed by atoms with van der Waals surface area (Å²) < 4.78 is 133. The molecule has 3 nitrogen and oxygen atoms in total. The van der Waals surface area contributed by atoms with Crippen molar-refractivity contribution in [2.24, 2.45) is 0 Å². The van der Waals surface area contributed by atoms with E-state index in [9.17, 15) is 47.9 Å². The molecule has 0 spiro atoms.